The molecular formula is C17H15NO2. The molecule has 0 N–H and O–H groups in total. The summed E-state index contributed by atoms with van der Waals surface area (Å²) in [5.41, 5.74) is 2.36. The van der Waals surface area contributed by atoms with Crippen molar-refractivity contribution < 1.29 is 9.53 Å². The molecule has 2 rings (SSSR count). The number of allylic oxidation sites excluding steroid dienone is 2. The van der Waals surface area contributed by atoms with Crippen molar-refractivity contribution in [3.63, 3.8) is 0 Å². The van der Waals surface area contributed by atoms with Crippen molar-refractivity contribution in [1.29, 1.82) is 0 Å². The fourth-order valence-electron chi connectivity index (χ4n) is 1.74. The standard InChI is InChI=1S/C17H15NO2/c1-20-17(19)16(15-10-12-18-13-11-15)9-5-8-14-6-3-2-4-7-14/h2-13H,1H3/b8-5+,16-9+. The molecular weight excluding hydrogens is 250 g/mol. The van der Waals surface area contributed by atoms with Gasteiger partial charge in [0.25, 0.3) is 0 Å². The minimum absolute atomic E-state index is 0.367. The van der Waals surface area contributed by atoms with E-state index in [1.807, 2.05) is 42.5 Å². The topological polar surface area (TPSA) is 39.2 Å². The summed E-state index contributed by atoms with van der Waals surface area (Å²) < 4.78 is 4.81. The highest BCUT2D eigenvalue weighted by Crippen LogP contribution is 2.15. The molecule has 1 heterocycles. The number of carbonyl (C=O) groups is 1. The molecule has 3 heteroatoms. The van der Waals surface area contributed by atoms with Gasteiger partial charge in [-0.15, -0.1) is 0 Å². The average Bonchev–Trinajstić information content (AvgIpc) is 2.53. The quantitative estimate of drug-likeness (QED) is 0.483. The third kappa shape index (κ3) is 3.65. The van der Waals surface area contributed by atoms with Crippen LogP contribution in [0.1, 0.15) is 11.1 Å². The van der Waals surface area contributed by atoms with E-state index in [4.69, 9.17) is 4.74 Å². The molecule has 0 unspecified atom stereocenters. The van der Waals surface area contributed by atoms with E-state index in [0.29, 0.717) is 5.57 Å². The molecule has 1 aromatic carbocycles. The van der Waals surface area contributed by atoms with Crippen LogP contribution in [0.4, 0.5) is 0 Å². The molecule has 0 aliphatic heterocycles. The molecule has 100 valence electrons. The van der Waals surface area contributed by atoms with E-state index in [0.717, 1.165) is 11.1 Å². The second-order valence-electron chi connectivity index (χ2n) is 4.08. The van der Waals surface area contributed by atoms with Gasteiger partial charge in [-0.1, -0.05) is 42.5 Å². The molecule has 0 saturated carbocycles. The largest absolute Gasteiger partial charge is 0.465 e. The average molecular weight is 265 g/mol. The van der Waals surface area contributed by atoms with E-state index in [-0.39, 0.29) is 5.97 Å². The number of carbonyl (C=O) groups excluding carboxylic acids is 1. The smallest absolute Gasteiger partial charge is 0.338 e. The van der Waals surface area contributed by atoms with E-state index >= 15 is 0 Å². The number of hydrogen-bond donors (Lipinski definition) is 0. The van der Waals surface area contributed by atoms with Gasteiger partial charge in [-0.3, -0.25) is 4.98 Å². The number of ether oxygens (including phenoxy) is 1. The Morgan fingerprint density at radius 1 is 1.10 bits per heavy atom. The van der Waals surface area contributed by atoms with Crippen molar-refractivity contribution in [3.05, 3.63) is 78.1 Å². The van der Waals surface area contributed by atoms with Crippen molar-refractivity contribution in [2.24, 2.45) is 0 Å². The maximum atomic E-state index is 11.8. The Balaban J connectivity index is 2.26. The Morgan fingerprint density at radius 3 is 2.45 bits per heavy atom. The second kappa shape index (κ2) is 7.04. The Labute approximate surface area is 118 Å². The first-order valence-electron chi connectivity index (χ1n) is 6.23. The summed E-state index contributed by atoms with van der Waals surface area (Å²) in [5.74, 6) is -0.367. The molecule has 0 spiro atoms. The maximum Gasteiger partial charge on any atom is 0.338 e. The maximum absolute atomic E-state index is 11.8. The molecule has 0 amide bonds. The molecule has 20 heavy (non-hydrogen) atoms. The number of pyridine rings is 1. The number of hydrogen-bond acceptors (Lipinski definition) is 3. The van der Waals surface area contributed by atoms with Gasteiger partial charge in [-0.2, -0.15) is 0 Å². The predicted molar refractivity (Wildman–Crippen MR) is 79.7 cm³/mol. The highest BCUT2D eigenvalue weighted by molar-refractivity contribution is 6.16. The number of nitrogens with zero attached hydrogens (tertiary/aromatic N) is 1. The zero-order valence-electron chi connectivity index (χ0n) is 11.2. The molecule has 0 aliphatic carbocycles. The fraction of sp³-hybridized carbons (Fsp3) is 0.0588. The van der Waals surface area contributed by atoms with Gasteiger partial charge in [-0.25, -0.2) is 4.79 Å². The Morgan fingerprint density at radius 2 is 1.80 bits per heavy atom. The summed E-state index contributed by atoms with van der Waals surface area (Å²) in [4.78, 5) is 15.8. The molecule has 0 aliphatic rings. The van der Waals surface area contributed by atoms with Crippen LogP contribution in [0.5, 0.6) is 0 Å². The van der Waals surface area contributed by atoms with Crippen LogP contribution in [-0.4, -0.2) is 18.1 Å². The van der Waals surface area contributed by atoms with Gasteiger partial charge >= 0.3 is 5.97 Å². The summed E-state index contributed by atoms with van der Waals surface area (Å²) in [6.45, 7) is 0. The highest BCUT2D eigenvalue weighted by Gasteiger charge is 2.10. The van der Waals surface area contributed by atoms with Crippen molar-refractivity contribution in [2.75, 3.05) is 7.11 Å². The van der Waals surface area contributed by atoms with Crippen LogP contribution < -0.4 is 0 Å². The minimum Gasteiger partial charge on any atom is -0.465 e. The number of rotatable bonds is 4. The van der Waals surface area contributed by atoms with Gasteiger partial charge in [0.05, 0.1) is 12.7 Å². The van der Waals surface area contributed by atoms with Gasteiger partial charge in [-0.05, 0) is 29.3 Å². The Bertz CT molecular complexity index is 616. The van der Waals surface area contributed by atoms with Crippen LogP contribution in [-0.2, 0) is 9.53 Å². The number of methoxy groups -OCH3 is 1. The van der Waals surface area contributed by atoms with Gasteiger partial charge in [0.15, 0.2) is 0 Å². The molecule has 0 atom stereocenters. The normalized spacial score (nSPS) is 11.6. The SMILES string of the molecule is COC(=O)/C(=C/C=C/c1ccccc1)c1ccncc1. The van der Waals surface area contributed by atoms with Gasteiger partial charge in [0.1, 0.15) is 0 Å². The molecule has 2 aromatic rings. The summed E-state index contributed by atoms with van der Waals surface area (Å²) >= 11 is 0. The van der Waals surface area contributed by atoms with Crippen molar-refractivity contribution in [3.8, 4) is 0 Å². The van der Waals surface area contributed by atoms with Crippen LogP contribution in [0.3, 0.4) is 0 Å². The van der Waals surface area contributed by atoms with Crippen molar-refractivity contribution in [1.82, 2.24) is 4.98 Å². The third-order valence-corrected chi connectivity index (χ3v) is 2.75. The predicted octanol–water partition coefficient (Wildman–Crippen LogP) is 3.35. The minimum atomic E-state index is -0.367. The van der Waals surface area contributed by atoms with Crippen LogP contribution >= 0.6 is 0 Å². The molecule has 3 nitrogen and oxygen atoms in total. The van der Waals surface area contributed by atoms with Gasteiger partial charge < -0.3 is 4.74 Å². The lowest BCUT2D eigenvalue weighted by Crippen LogP contribution is -2.03. The van der Waals surface area contributed by atoms with Crippen LogP contribution in [0.15, 0.2) is 67.0 Å². The second-order valence-corrected chi connectivity index (χ2v) is 4.08. The van der Waals surface area contributed by atoms with Crippen molar-refractivity contribution >= 4 is 17.6 Å². The number of esters is 1. The lowest BCUT2D eigenvalue weighted by molar-refractivity contribution is -0.133. The van der Waals surface area contributed by atoms with Gasteiger partial charge in [0.2, 0.25) is 0 Å². The first-order valence-corrected chi connectivity index (χ1v) is 6.23. The third-order valence-electron chi connectivity index (χ3n) is 2.75. The molecule has 0 fully saturated rings. The first-order chi connectivity index (χ1) is 9.81. The first kappa shape index (κ1) is 13.7. The van der Waals surface area contributed by atoms with Crippen LogP contribution in [0.25, 0.3) is 11.6 Å². The van der Waals surface area contributed by atoms with Gasteiger partial charge in [0, 0.05) is 12.4 Å². The molecule has 0 bridgehead atoms. The number of aromatic nitrogens is 1. The van der Waals surface area contributed by atoms with E-state index in [9.17, 15) is 4.79 Å². The summed E-state index contributed by atoms with van der Waals surface area (Å²) in [6.07, 6.45) is 8.81. The van der Waals surface area contributed by atoms with E-state index < -0.39 is 0 Å². The fourth-order valence-corrected chi connectivity index (χ4v) is 1.74. The lowest BCUT2D eigenvalue weighted by atomic mass is 10.1. The monoisotopic (exact) mass is 265 g/mol. The molecule has 0 saturated heterocycles. The van der Waals surface area contributed by atoms with Crippen LogP contribution in [0.2, 0.25) is 0 Å². The summed E-state index contributed by atoms with van der Waals surface area (Å²) in [6, 6.07) is 13.4. The molecule has 0 radical (unpaired) electrons. The van der Waals surface area contributed by atoms with E-state index in [1.54, 1.807) is 30.6 Å². The summed E-state index contributed by atoms with van der Waals surface area (Å²) in [7, 11) is 1.37. The Hall–Kier alpha value is -2.68. The summed E-state index contributed by atoms with van der Waals surface area (Å²) in [5, 5.41) is 0. The highest BCUT2D eigenvalue weighted by atomic mass is 16.5. The zero-order chi connectivity index (χ0) is 14.2. The van der Waals surface area contributed by atoms with Crippen LogP contribution in [0, 0.1) is 0 Å². The number of benzene rings is 1. The molecule has 1 aromatic heterocycles. The lowest BCUT2D eigenvalue weighted by Gasteiger charge is -2.03. The van der Waals surface area contributed by atoms with E-state index in [1.165, 1.54) is 7.11 Å². The van der Waals surface area contributed by atoms with Crippen molar-refractivity contribution in [2.45, 2.75) is 0 Å². The van der Waals surface area contributed by atoms with E-state index in [2.05, 4.69) is 4.98 Å². The Kier molecular flexibility index (Phi) is 4.84. The zero-order valence-corrected chi connectivity index (χ0v) is 11.2.